The van der Waals surface area contributed by atoms with Gasteiger partial charge in [-0.15, -0.1) is 0 Å². The lowest BCUT2D eigenvalue weighted by Gasteiger charge is -2.13. The predicted octanol–water partition coefficient (Wildman–Crippen LogP) is 1.50. The average Bonchev–Trinajstić information content (AvgIpc) is 3.06. The maximum absolute atomic E-state index is 12.0. The second-order valence-electron chi connectivity index (χ2n) is 5.23. The zero-order chi connectivity index (χ0) is 18.9. The summed E-state index contributed by atoms with van der Waals surface area (Å²) in [5.74, 6) is 0.509. The van der Waals surface area contributed by atoms with Gasteiger partial charge in [0.1, 0.15) is 12.3 Å². The highest BCUT2D eigenvalue weighted by molar-refractivity contribution is 5.90. The van der Waals surface area contributed by atoms with Crippen LogP contribution in [0.25, 0.3) is 11.3 Å². The van der Waals surface area contributed by atoms with Crippen LogP contribution in [0.3, 0.4) is 0 Å². The number of urea groups is 1. The molecule has 0 saturated heterocycles. The van der Waals surface area contributed by atoms with Crippen molar-refractivity contribution in [2.24, 2.45) is 0 Å². The highest BCUT2D eigenvalue weighted by Crippen LogP contribution is 2.26. The highest BCUT2D eigenvalue weighted by atomic mass is 16.5. The fourth-order valence-electron chi connectivity index (χ4n) is 2.27. The molecule has 2 aromatic rings. The normalized spacial score (nSPS) is 10.3. The summed E-state index contributed by atoms with van der Waals surface area (Å²) in [4.78, 5) is 27.3. The van der Waals surface area contributed by atoms with Crippen LogP contribution in [0.5, 0.6) is 5.75 Å². The first kappa shape index (κ1) is 19.3. The minimum Gasteiger partial charge on any atom is -0.497 e. The quantitative estimate of drug-likeness (QED) is 0.690. The molecule has 140 valence electrons. The monoisotopic (exact) mass is 362 g/mol. The number of imidazole rings is 1. The molecule has 9 heteroatoms. The fraction of sp³-hybridized carbons (Fsp3) is 0.353. The van der Waals surface area contributed by atoms with Gasteiger partial charge in [0.25, 0.3) is 0 Å². The van der Waals surface area contributed by atoms with Gasteiger partial charge in [0, 0.05) is 19.2 Å². The molecule has 0 atom stereocenters. The summed E-state index contributed by atoms with van der Waals surface area (Å²) in [7, 11) is 4.44. The molecule has 9 nitrogen and oxygen atoms in total. The summed E-state index contributed by atoms with van der Waals surface area (Å²) in [5.41, 5.74) is 1.68. The van der Waals surface area contributed by atoms with Crippen LogP contribution in [0.15, 0.2) is 30.5 Å². The summed E-state index contributed by atoms with van der Waals surface area (Å²) in [6.07, 6.45) is 1.65. The van der Waals surface area contributed by atoms with Crippen molar-refractivity contribution in [3.05, 3.63) is 30.5 Å². The molecule has 0 bridgehead atoms. The Morgan fingerprint density at radius 1 is 1.23 bits per heavy atom. The number of hydrogen-bond acceptors (Lipinski definition) is 6. The summed E-state index contributed by atoms with van der Waals surface area (Å²) >= 11 is 0. The zero-order valence-electron chi connectivity index (χ0n) is 14.9. The fourth-order valence-corrected chi connectivity index (χ4v) is 2.27. The Balaban J connectivity index is 2.22. The van der Waals surface area contributed by atoms with E-state index in [0.29, 0.717) is 24.8 Å². The van der Waals surface area contributed by atoms with Gasteiger partial charge in [0.05, 0.1) is 32.7 Å². The summed E-state index contributed by atoms with van der Waals surface area (Å²) < 4.78 is 16.7. The lowest BCUT2D eigenvalue weighted by Crippen LogP contribution is -2.34. The molecule has 2 N–H and O–H groups in total. The van der Waals surface area contributed by atoms with Crippen LogP contribution in [0, 0.1) is 0 Å². The van der Waals surface area contributed by atoms with Gasteiger partial charge in [-0.25, -0.2) is 9.78 Å². The lowest BCUT2D eigenvalue weighted by molar-refractivity contribution is -0.139. The maximum Gasteiger partial charge on any atom is 0.325 e. The summed E-state index contributed by atoms with van der Waals surface area (Å²) in [6, 6.07) is 6.96. The Morgan fingerprint density at radius 3 is 2.73 bits per heavy atom. The molecular weight excluding hydrogens is 340 g/mol. The third kappa shape index (κ3) is 4.96. The van der Waals surface area contributed by atoms with Crippen LogP contribution in [-0.4, -0.2) is 56.0 Å². The number of hydrogen-bond donors (Lipinski definition) is 2. The Hall–Kier alpha value is -3.07. The van der Waals surface area contributed by atoms with Crippen molar-refractivity contribution >= 4 is 17.9 Å². The minimum absolute atomic E-state index is 0.232. The average molecular weight is 362 g/mol. The maximum atomic E-state index is 12.0. The molecule has 0 spiro atoms. The second-order valence-corrected chi connectivity index (χ2v) is 5.23. The van der Waals surface area contributed by atoms with E-state index < -0.39 is 12.0 Å². The Labute approximate surface area is 151 Å². The minimum atomic E-state index is -0.558. The van der Waals surface area contributed by atoms with Crippen LogP contribution in [0.2, 0.25) is 0 Å². The van der Waals surface area contributed by atoms with Crippen molar-refractivity contribution < 1.29 is 23.8 Å². The van der Waals surface area contributed by atoms with E-state index in [4.69, 9.17) is 9.47 Å². The molecule has 2 rings (SSSR count). The van der Waals surface area contributed by atoms with E-state index in [1.54, 1.807) is 20.4 Å². The number of rotatable bonds is 8. The van der Waals surface area contributed by atoms with Crippen molar-refractivity contribution in [1.82, 2.24) is 14.9 Å². The molecule has 1 heterocycles. The van der Waals surface area contributed by atoms with Gasteiger partial charge in [0.15, 0.2) is 0 Å². The van der Waals surface area contributed by atoms with Gasteiger partial charge < -0.3 is 24.1 Å². The number of ether oxygens (including phenoxy) is 3. The van der Waals surface area contributed by atoms with Gasteiger partial charge in [-0.05, 0) is 12.1 Å². The van der Waals surface area contributed by atoms with E-state index in [1.165, 1.54) is 7.11 Å². The Bertz CT molecular complexity index is 759. The van der Waals surface area contributed by atoms with E-state index in [0.717, 1.165) is 11.3 Å². The van der Waals surface area contributed by atoms with Gasteiger partial charge in [-0.1, -0.05) is 12.1 Å². The van der Waals surface area contributed by atoms with Gasteiger partial charge in [0.2, 0.25) is 5.95 Å². The molecule has 1 aromatic heterocycles. The van der Waals surface area contributed by atoms with E-state index in [1.807, 2.05) is 28.8 Å². The first-order valence-electron chi connectivity index (χ1n) is 7.89. The van der Waals surface area contributed by atoms with Crippen LogP contribution >= 0.6 is 0 Å². The van der Waals surface area contributed by atoms with Crippen LogP contribution < -0.4 is 15.4 Å². The number of aromatic nitrogens is 2. The highest BCUT2D eigenvalue weighted by Gasteiger charge is 2.15. The van der Waals surface area contributed by atoms with E-state index in [2.05, 4.69) is 20.4 Å². The number of carbonyl (C=O) groups excluding carboxylic acids is 2. The number of nitrogens with zero attached hydrogens (tertiary/aromatic N) is 2. The number of nitrogens with one attached hydrogen (secondary N) is 2. The standard InChI is InChI=1S/C17H22N4O5/c1-24-8-7-21-14(12-5-4-6-13(9-12)25-2)10-18-16(21)20-17(23)19-11-15(22)26-3/h4-6,9-10H,7-8,11H2,1-3H3,(H2,18,19,20,23). The van der Waals surface area contributed by atoms with E-state index in [9.17, 15) is 9.59 Å². The molecule has 0 saturated carbocycles. The number of amides is 2. The molecule has 0 radical (unpaired) electrons. The van der Waals surface area contributed by atoms with E-state index in [-0.39, 0.29) is 6.54 Å². The van der Waals surface area contributed by atoms with Gasteiger partial charge in [-0.2, -0.15) is 0 Å². The zero-order valence-corrected chi connectivity index (χ0v) is 14.9. The van der Waals surface area contributed by atoms with Crippen molar-refractivity contribution in [2.75, 3.05) is 39.8 Å². The van der Waals surface area contributed by atoms with Crippen molar-refractivity contribution in [3.63, 3.8) is 0 Å². The number of carbonyl (C=O) groups is 2. The van der Waals surface area contributed by atoms with Gasteiger partial charge >= 0.3 is 12.0 Å². The molecule has 0 fully saturated rings. The molecule has 0 aliphatic carbocycles. The molecule has 2 amide bonds. The van der Waals surface area contributed by atoms with Crippen LogP contribution in [-0.2, 0) is 20.8 Å². The second kappa shape index (κ2) is 9.42. The number of benzene rings is 1. The molecule has 0 aliphatic rings. The largest absolute Gasteiger partial charge is 0.497 e. The Kier molecular flexibility index (Phi) is 6.98. The summed E-state index contributed by atoms with van der Waals surface area (Å²) in [6.45, 7) is 0.686. The molecular formula is C17H22N4O5. The first-order chi connectivity index (χ1) is 12.6. The lowest BCUT2D eigenvalue weighted by atomic mass is 10.1. The molecule has 0 unspecified atom stereocenters. The smallest absolute Gasteiger partial charge is 0.325 e. The Morgan fingerprint density at radius 2 is 2.04 bits per heavy atom. The van der Waals surface area contributed by atoms with E-state index >= 15 is 0 Å². The van der Waals surface area contributed by atoms with Crippen molar-refractivity contribution in [2.45, 2.75) is 6.54 Å². The third-order valence-corrected chi connectivity index (χ3v) is 3.59. The topological polar surface area (TPSA) is 104 Å². The van der Waals surface area contributed by atoms with Crippen LogP contribution in [0.1, 0.15) is 0 Å². The first-order valence-corrected chi connectivity index (χ1v) is 7.89. The number of anilines is 1. The van der Waals surface area contributed by atoms with Gasteiger partial charge in [-0.3, -0.25) is 10.1 Å². The molecule has 1 aromatic carbocycles. The van der Waals surface area contributed by atoms with Crippen LogP contribution in [0.4, 0.5) is 10.7 Å². The number of esters is 1. The molecule has 26 heavy (non-hydrogen) atoms. The molecule has 0 aliphatic heterocycles. The summed E-state index contributed by atoms with van der Waals surface area (Å²) in [5, 5.41) is 5.03. The van der Waals surface area contributed by atoms with Crippen molar-refractivity contribution in [3.8, 4) is 17.0 Å². The predicted molar refractivity (Wildman–Crippen MR) is 95.1 cm³/mol. The number of methoxy groups -OCH3 is 3. The third-order valence-electron chi connectivity index (χ3n) is 3.59. The SMILES string of the molecule is COCCn1c(-c2cccc(OC)c2)cnc1NC(=O)NCC(=O)OC. The van der Waals surface area contributed by atoms with Crippen molar-refractivity contribution in [1.29, 1.82) is 0 Å².